The highest BCUT2D eigenvalue weighted by Gasteiger charge is 2.06. The summed E-state index contributed by atoms with van der Waals surface area (Å²) < 4.78 is 0. The van der Waals surface area contributed by atoms with Gasteiger partial charge >= 0.3 is 0 Å². The molecule has 1 aliphatic rings. The van der Waals surface area contributed by atoms with Gasteiger partial charge in [-0.2, -0.15) is 0 Å². The van der Waals surface area contributed by atoms with Crippen molar-refractivity contribution in [2.24, 2.45) is 5.92 Å². The van der Waals surface area contributed by atoms with E-state index in [1.54, 1.807) is 0 Å². The Morgan fingerprint density at radius 2 is 2.67 bits per heavy atom. The average Bonchev–Trinajstić information content (AvgIpc) is 1.86. The Morgan fingerprint density at radius 1 is 1.83 bits per heavy atom. The third-order valence-electron chi connectivity index (χ3n) is 1.31. The second kappa shape index (κ2) is 1.61. The highest BCUT2D eigenvalue weighted by Crippen LogP contribution is 2.03. The highest BCUT2D eigenvalue weighted by molar-refractivity contribution is 4.65. The fourth-order valence-electron chi connectivity index (χ4n) is 0.799. The Hall–Kier alpha value is -0.0400. The van der Waals surface area contributed by atoms with Crippen LogP contribution in [0.3, 0.4) is 0 Å². The largest absolute Gasteiger partial charge is 0.316 e. The van der Waals surface area contributed by atoms with Crippen LogP contribution in [0, 0.1) is 5.92 Å². The lowest BCUT2D eigenvalue weighted by Crippen LogP contribution is -2.06. The van der Waals surface area contributed by atoms with Gasteiger partial charge in [0.2, 0.25) is 0 Å². The Kier molecular flexibility index (Phi) is 1.10. The van der Waals surface area contributed by atoms with Crippen molar-refractivity contribution in [2.45, 2.75) is 13.3 Å². The molecule has 0 aliphatic carbocycles. The van der Waals surface area contributed by atoms with Crippen molar-refractivity contribution in [2.75, 3.05) is 13.1 Å². The lowest BCUT2D eigenvalue weighted by molar-refractivity contribution is 0.651. The van der Waals surface area contributed by atoms with Crippen molar-refractivity contribution in [1.29, 1.82) is 0 Å². The summed E-state index contributed by atoms with van der Waals surface area (Å²) in [6, 6.07) is 0. The lowest BCUT2D eigenvalue weighted by Gasteiger charge is -1.90. The van der Waals surface area contributed by atoms with Gasteiger partial charge in [0.25, 0.3) is 0 Å². The number of hydrogen-bond acceptors (Lipinski definition) is 1. The van der Waals surface area contributed by atoms with Crippen molar-refractivity contribution in [3.63, 3.8) is 0 Å². The highest BCUT2D eigenvalue weighted by atomic mass is 14.9. The Morgan fingerprint density at radius 3 is 2.83 bits per heavy atom. The maximum atomic E-state index is 3.27. The zero-order valence-electron chi connectivity index (χ0n) is 4.20. The van der Waals surface area contributed by atoms with Gasteiger partial charge in [0.1, 0.15) is 0 Å². The average molecular weight is 87.2 g/mol. The maximum absolute atomic E-state index is 3.27. The van der Waals surface area contributed by atoms with Gasteiger partial charge in [-0.1, -0.05) is 6.92 Å². The minimum atomic E-state index is 0. The van der Waals surface area contributed by atoms with E-state index in [1.807, 2.05) is 0 Å². The molecule has 1 heteroatoms. The molecule has 1 unspecified atom stereocenters. The van der Waals surface area contributed by atoms with Gasteiger partial charge in [-0.15, -0.1) is 0 Å². The van der Waals surface area contributed by atoms with Crippen molar-refractivity contribution < 1.29 is 1.43 Å². The lowest BCUT2D eigenvalue weighted by atomic mass is 10.2. The Bertz CT molecular complexity index is 41.3. The summed E-state index contributed by atoms with van der Waals surface area (Å²) in [7, 11) is 0. The molecule has 1 nitrogen and oxygen atoms in total. The smallest absolute Gasteiger partial charge is 0 e. The molecule has 0 aromatic heterocycles. The van der Waals surface area contributed by atoms with Crippen LogP contribution < -0.4 is 5.32 Å². The van der Waals surface area contributed by atoms with Gasteiger partial charge < -0.3 is 5.32 Å². The minimum Gasteiger partial charge on any atom is -0.316 e. The van der Waals surface area contributed by atoms with E-state index in [1.165, 1.54) is 19.5 Å². The van der Waals surface area contributed by atoms with Gasteiger partial charge in [-0.05, 0) is 25.4 Å². The van der Waals surface area contributed by atoms with Crippen LogP contribution in [0.1, 0.15) is 14.8 Å². The molecule has 6 heavy (non-hydrogen) atoms. The van der Waals surface area contributed by atoms with Gasteiger partial charge in [-0.3, -0.25) is 0 Å². The molecule has 0 aromatic rings. The first kappa shape index (κ1) is 4.13. The van der Waals surface area contributed by atoms with Crippen LogP contribution >= 0.6 is 0 Å². The van der Waals surface area contributed by atoms with E-state index < -0.39 is 0 Å². The zero-order chi connectivity index (χ0) is 4.41. The number of nitrogens with one attached hydrogen (secondary N) is 1. The fraction of sp³-hybridized carbons (Fsp3) is 1.00. The van der Waals surface area contributed by atoms with Crippen LogP contribution in [0.4, 0.5) is 0 Å². The van der Waals surface area contributed by atoms with Crippen LogP contribution in [0.5, 0.6) is 0 Å². The summed E-state index contributed by atoms with van der Waals surface area (Å²) in [6.07, 6.45) is 1.38. The SMILES string of the molecule is CC1CCNC1.[HH]. The van der Waals surface area contributed by atoms with Crippen LogP contribution in [0.2, 0.25) is 0 Å². The van der Waals surface area contributed by atoms with Gasteiger partial charge in [-0.25, -0.2) is 0 Å². The first-order chi connectivity index (χ1) is 2.89. The molecule has 0 aromatic carbocycles. The van der Waals surface area contributed by atoms with Crippen LogP contribution in [0.25, 0.3) is 0 Å². The van der Waals surface area contributed by atoms with Crippen molar-refractivity contribution in [1.82, 2.24) is 5.32 Å². The van der Waals surface area contributed by atoms with Crippen LogP contribution in [-0.2, 0) is 0 Å². The standard InChI is InChI=1S/C5H11N.H2/c1-5-2-3-6-4-5;/h5-6H,2-4H2,1H3;1H. The molecule has 0 amide bonds. The maximum Gasteiger partial charge on any atom is 0 e. The Balaban J connectivity index is 0.000000360. The first-order valence-corrected chi connectivity index (χ1v) is 2.60. The second-order valence-corrected chi connectivity index (χ2v) is 2.10. The molecule has 1 aliphatic heterocycles. The van der Waals surface area contributed by atoms with Crippen molar-refractivity contribution >= 4 is 0 Å². The fourth-order valence-corrected chi connectivity index (χ4v) is 0.799. The van der Waals surface area contributed by atoms with Gasteiger partial charge in [0.15, 0.2) is 0 Å². The third kappa shape index (κ3) is 0.716. The second-order valence-electron chi connectivity index (χ2n) is 2.10. The molecular weight excluding hydrogens is 74.1 g/mol. The normalized spacial score (nSPS) is 34.5. The van der Waals surface area contributed by atoms with Gasteiger partial charge in [0.05, 0.1) is 0 Å². The first-order valence-electron chi connectivity index (χ1n) is 2.60. The van der Waals surface area contributed by atoms with E-state index in [-0.39, 0.29) is 1.43 Å². The molecule has 1 atom stereocenters. The minimum absolute atomic E-state index is 0. The topological polar surface area (TPSA) is 12.0 Å². The van der Waals surface area contributed by atoms with Gasteiger partial charge in [0, 0.05) is 1.43 Å². The van der Waals surface area contributed by atoms with Crippen LogP contribution in [-0.4, -0.2) is 13.1 Å². The van der Waals surface area contributed by atoms with E-state index in [0.29, 0.717) is 0 Å². The molecule has 0 bridgehead atoms. The van der Waals surface area contributed by atoms with E-state index in [2.05, 4.69) is 12.2 Å². The summed E-state index contributed by atoms with van der Waals surface area (Å²) in [6.45, 7) is 4.75. The van der Waals surface area contributed by atoms with E-state index in [4.69, 9.17) is 0 Å². The van der Waals surface area contributed by atoms with Crippen molar-refractivity contribution in [3.8, 4) is 0 Å². The summed E-state index contributed by atoms with van der Waals surface area (Å²) in [5.74, 6) is 0.935. The van der Waals surface area contributed by atoms with E-state index >= 15 is 0 Å². The molecule has 1 heterocycles. The summed E-state index contributed by atoms with van der Waals surface area (Å²) >= 11 is 0. The molecule has 1 N–H and O–H groups in total. The monoisotopic (exact) mass is 87.1 g/mol. The number of hydrogen-bond donors (Lipinski definition) is 1. The molecule has 1 rings (SSSR count). The van der Waals surface area contributed by atoms with E-state index in [9.17, 15) is 0 Å². The third-order valence-corrected chi connectivity index (χ3v) is 1.31. The summed E-state index contributed by atoms with van der Waals surface area (Å²) in [5, 5.41) is 3.27. The summed E-state index contributed by atoms with van der Waals surface area (Å²) in [5.41, 5.74) is 0. The quantitative estimate of drug-likeness (QED) is 0.462. The predicted octanol–water partition coefficient (Wildman–Crippen LogP) is 0.862. The predicted molar refractivity (Wildman–Crippen MR) is 28.8 cm³/mol. The van der Waals surface area contributed by atoms with Crippen molar-refractivity contribution in [3.05, 3.63) is 0 Å². The molecule has 0 spiro atoms. The summed E-state index contributed by atoms with van der Waals surface area (Å²) in [4.78, 5) is 0. The molecular formula is C5H13N. The molecule has 0 radical (unpaired) electrons. The Labute approximate surface area is 40.2 Å². The van der Waals surface area contributed by atoms with E-state index in [0.717, 1.165) is 5.92 Å². The molecule has 1 fully saturated rings. The number of rotatable bonds is 0. The molecule has 1 saturated heterocycles. The molecule has 38 valence electrons. The van der Waals surface area contributed by atoms with Crippen LogP contribution in [0.15, 0.2) is 0 Å². The molecule has 0 saturated carbocycles. The zero-order valence-corrected chi connectivity index (χ0v) is 4.20.